The lowest BCUT2D eigenvalue weighted by atomic mass is 9.95. The van der Waals surface area contributed by atoms with Crippen LogP contribution in [-0.2, 0) is 0 Å². The number of halogens is 1. The fourth-order valence-electron chi connectivity index (χ4n) is 2.46. The van der Waals surface area contributed by atoms with Crippen molar-refractivity contribution in [3.05, 3.63) is 0 Å². The number of hydrogen-bond donors (Lipinski definition) is 3. The van der Waals surface area contributed by atoms with Crippen molar-refractivity contribution < 1.29 is 5.11 Å². The Labute approximate surface area is 141 Å². The molecule has 0 radical (unpaired) electrons. The Kier molecular flexibility index (Phi) is 10.6. The summed E-state index contributed by atoms with van der Waals surface area (Å²) in [6.07, 6.45) is 7.94. The van der Waals surface area contributed by atoms with Crippen LogP contribution in [0.15, 0.2) is 4.99 Å². The number of rotatable bonds is 6. The van der Waals surface area contributed by atoms with Crippen LogP contribution in [-0.4, -0.2) is 35.8 Å². The normalized spacial score (nSPS) is 17.5. The van der Waals surface area contributed by atoms with E-state index in [1.54, 1.807) is 0 Å². The zero-order valence-electron chi connectivity index (χ0n) is 13.2. The molecule has 0 aromatic rings. The molecule has 1 rings (SSSR count). The summed E-state index contributed by atoms with van der Waals surface area (Å²) in [5, 5.41) is 17.1. The van der Waals surface area contributed by atoms with Crippen LogP contribution >= 0.6 is 24.0 Å². The number of nitrogens with one attached hydrogen (secondary N) is 2. The Hall–Kier alpha value is -0.0400. The number of hydrogen-bond acceptors (Lipinski definition) is 2. The average Bonchev–Trinajstić information content (AvgIpc) is 2.46. The van der Waals surface area contributed by atoms with Gasteiger partial charge in [0, 0.05) is 12.6 Å². The summed E-state index contributed by atoms with van der Waals surface area (Å²) in [5.41, 5.74) is -0.658. The van der Waals surface area contributed by atoms with Gasteiger partial charge < -0.3 is 15.7 Å². The van der Waals surface area contributed by atoms with Crippen LogP contribution in [0.25, 0.3) is 0 Å². The van der Waals surface area contributed by atoms with E-state index >= 15 is 0 Å². The van der Waals surface area contributed by atoms with Gasteiger partial charge in [-0.2, -0.15) is 0 Å². The Morgan fingerprint density at radius 2 is 1.75 bits per heavy atom. The van der Waals surface area contributed by atoms with Gasteiger partial charge in [-0.25, -0.2) is 0 Å². The fraction of sp³-hybridized carbons (Fsp3) is 0.933. The van der Waals surface area contributed by atoms with Crippen molar-refractivity contribution in [2.45, 2.75) is 77.4 Å². The van der Waals surface area contributed by atoms with Gasteiger partial charge in [-0.05, 0) is 32.6 Å². The van der Waals surface area contributed by atoms with E-state index < -0.39 is 5.60 Å². The van der Waals surface area contributed by atoms with Crippen LogP contribution in [0.4, 0.5) is 0 Å². The molecule has 5 heteroatoms. The second-order valence-electron chi connectivity index (χ2n) is 5.61. The van der Waals surface area contributed by atoms with E-state index in [0.717, 1.165) is 25.3 Å². The molecule has 1 saturated carbocycles. The summed E-state index contributed by atoms with van der Waals surface area (Å²) >= 11 is 0. The molecule has 0 atom stereocenters. The largest absolute Gasteiger partial charge is 0.388 e. The third kappa shape index (κ3) is 7.11. The van der Waals surface area contributed by atoms with Gasteiger partial charge in [0.2, 0.25) is 0 Å². The van der Waals surface area contributed by atoms with Crippen LogP contribution < -0.4 is 10.6 Å². The number of aliphatic imine (C=N–C) groups is 1. The third-order valence-electron chi connectivity index (χ3n) is 4.14. The molecule has 4 nitrogen and oxygen atoms in total. The van der Waals surface area contributed by atoms with Crippen LogP contribution in [0.5, 0.6) is 0 Å². The maximum absolute atomic E-state index is 10.3. The molecule has 0 saturated heterocycles. The van der Waals surface area contributed by atoms with E-state index in [4.69, 9.17) is 0 Å². The second kappa shape index (κ2) is 10.7. The smallest absolute Gasteiger partial charge is 0.191 e. The molecule has 120 valence electrons. The van der Waals surface area contributed by atoms with Crippen molar-refractivity contribution >= 4 is 29.9 Å². The molecule has 1 aliphatic carbocycles. The van der Waals surface area contributed by atoms with Crippen LogP contribution in [0.3, 0.4) is 0 Å². The van der Waals surface area contributed by atoms with E-state index in [1.807, 2.05) is 13.8 Å². The first-order valence-electron chi connectivity index (χ1n) is 7.90. The van der Waals surface area contributed by atoms with Crippen molar-refractivity contribution in [2.75, 3.05) is 13.1 Å². The SMILES string of the molecule is CCNC(=NCC(O)(CC)CC)NC1CCCCC1.I. The predicted octanol–water partition coefficient (Wildman–Crippen LogP) is 3.04. The van der Waals surface area contributed by atoms with Crippen molar-refractivity contribution in [3.63, 3.8) is 0 Å². The molecule has 20 heavy (non-hydrogen) atoms. The summed E-state index contributed by atoms with van der Waals surface area (Å²) in [5.74, 6) is 0.856. The molecule has 0 aromatic carbocycles. The molecule has 0 aliphatic heterocycles. The first-order chi connectivity index (χ1) is 9.13. The standard InChI is InChI=1S/C15H31N3O.HI/c1-4-15(19,5-2)12-17-14(16-6-3)18-13-10-8-7-9-11-13;/h13,19H,4-12H2,1-3H3,(H2,16,17,18);1H. The molecule has 0 spiro atoms. The highest BCUT2D eigenvalue weighted by Gasteiger charge is 2.22. The molecule has 1 aliphatic rings. The second-order valence-corrected chi connectivity index (χ2v) is 5.61. The molecular weight excluding hydrogens is 365 g/mol. The summed E-state index contributed by atoms with van der Waals surface area (Å²) in [6, 6.07) is 0.544. The quantitative estimate of drug-likeness (QED) is 0.367. The number of aliphatic hydroxyl groups is 1. The molecule has 0 aromatic heterocycles. The van der Waals surface area contributed by atoms with Gasteiger partial charge in [-0.3, -0.25) is 4.99 Å². The summed E-state index contributed by atoms with van der Waals surface area (Å²) in [7, 11) is 0. The summed E-state index contributed by atoms with van der Waals surface area (Å²) in [4.78, 5) is 4.57. The molecule has 0 unspecified atom stereocenters. The average molecular weight is 397 g/mol. The summed E-state index contributed by atoms with van der Waals surface area (Å²) in [6.45, 7) is 7.43. The van der Waals surface area contributed by atoms with E-state index in [-0.39, 0.29) is 24.0 Å². The van der Waals surface area contributed by atoms with Crippen molar-refractivity contribution in [3.8, 4) is 0 Å². The zero-order valence-corrected chi connectivity index (χ0v) is 15.6. The lowest BCUT2D eigenvalue weighted by molar-refractivity contribution is 0.0417. The Morgan fingerprint density at radius 1 is 1.15 bits per heavy atom. The Balaban J connectivity index is 0.00000361. The minimum Gasteiger partial charge on any atom is -0.388 e. The van der Waals surface area contributed by atoms with Gasteiger partial charge in [-0.1, -0.05) is 33.1 Å². The highest BCUT2D eigenvalue weighted by molar-refractivity contribution is 14.0. The zero-order chi connectivity index (χ0) is 14.1. The number of nitrogens with zero attached hydrogens (tertiary/aromatic N) is 1. The molecular formula is C15H32IN3O. The maximum Gasteiger partial charge on any atom is 0.191 e. The van der Waals surface area contributed by atoms with Crippen molar-refractivity contribution in [2.24, 2.45) is 4.99 Å². The van der Waals surface area contributed by atoms with Gasteiger partial charge in [0.05, 0.1) is 12.1 Å². The first-order valence-corrected chi connectivity index (χ1v) is 7.90. The molecule has 3 N–H and O–H groups in total. The van der Waals surface area contributed by atoms with Gasteiger partial charge >= 0.3 is 0 Å². The lowest BCUT2D eigenvalue weighted by Crippen LogP contribution is -2.45. The van der Waals surface area contributed by atoms with Gasteiger partial charge in [0.1, 0.15) is 0 Å². The van der Waals surface area contributed by atoms with E-state index in [0.29, 0.717) is 12.6 Å². The minimum absolute atomic E-state index is 0. The summed E-state index contributed by atoms with van der Waals surface area (Å²) < 4.78 is 0. The van der Waals surface area contributed by atoms with Crippen molar-refractivity contribution in [1.29, 1.82) is 0 Å². The maximum atomic E-state index is 10.3. The minimum atomic E-state index is -0.658. The van der Waals surface area contributed by atoms with E-state index in [2.05, 4.69) is 22.5 Å². The predicted molar refractivity (Wildman–Crippen MR) is 96.9 cm³/mol. The lowest BCUT2D eigenvalue weighted by Gasteiger charge is -2.27. The van der Waals surface area contributed by atoms with Gasteiger partial charge in [-0.15, -0.1) is 24.0 Å². The monoisotopic (exact) mass is 397 g/mol. The molecule has 1 fully saturated rings. The van der Waals surface area contributed by atoms with E-state index in [1.165, 1.54) is 32.1 Å². The highest BCUT2D eigenvalue weighted by Crippen LogP contribution is 2.18. The van der Waals surface area contributed by atoms with Crippen LogP contribution in [0.1, 0.15) is 65.7 Å². The van der Waals surface area contributed by atoms with Gasteiger partial charge in [0.25, 0.3) is 0 Å². The van der Waals surface area contributed by atoms with Gasteiger partial charge in [0.15, 0.2) is 5.96 Å². The molecule has 0 heterocycles. The highest BCUT2D eigenvalue weighted by atomic mass is 127. The van der Waals surface area contributed by atoms with Crippen molar-refractivity contribution in [1.82, 2.24) is 10.6 Å². The Morgan fingerprint density at radius 3 is 2.25 bits per heavy atom. The third-order valence-corrected chi connectivity index (χ3v) is 4.14. The van der Waals surface area contributed by atoms with Crippen LogP contribution in [0.2, 0.25) is 0 Å². The number of guanidine groups is 1. The first kappa shape index (κ1) is 20.0. The van der Waals surface area contributed by atoms with Crippen LogP contribution in [0, 0.1) is 0 Å². The topological polar surface area (TPSA) is 56.7 Å². The fourth-order valence-corrected chi connectivity index (χ4v) is 2.46. The molecule has 0 bridgehead atoms. The Bertz CT molecular complexity index is 274. The molecule has 0 amide bonds. The van der Waals surface area contributed by atoms with E-state index in [9.17, 15) is 5.11 Å².